The molecule has 4 N–H and O–H groups in total. The summed E-state index contributed by atoms with van der Waals surface area (Å²) in [6, 6.07) is 4.05. The monoisotopic (exact) mass is 188 g/mol. The third-order valence-electron chi connectivity index (χ3n) is 2.97. The van der Waals surface area contributed by atoms with E-state index in [0.29, 0.717) is 0 Å². The first-order chi connectivity index (χ1) is 6.74. The Morgan fingerprint density at radius 1 is 1.36 bits per heavy atom. The van der Waals surface area contributed by atoms with Gasteiger partial charge in [0.1, 0.15) is 0 Å². The van der Waals surface area contributed by atoms with Gasteiger partial charge in [-0.15, -0.1) is 6.58 Å². The molecule has 0 saturated carbocycles. The van der Waals surface area contributed by atoms with E-state index in [-0.39, 0.29) is 6.04 Å². The van der Waals surface area contributed by atoms with Gasteiger partial charge in [0.25, 0.3) is 0 Å². The Morgan fingerprint density at radius 2 is 2.14 bits per heavy atom. The van der Waals surface area contributed by atoms with Crippen molar-refractivity contribution in [3.63, 3.8) is 0 Å². The van der Waals surface area contributed by atoms with Gasteiger partial charge in [-0.3, -0.25) is 0 Å². The molecule has 0 spiro atoms. The highest BCUT2D eigenvalue weighted by atomic mass is 14.7. The lowest BCUT2D eigenvalue weighted by Crippen LogP contribution is -2.11. The van der Waals surface area contributed by atoms with Crippen molar-refractivity contribution in [2.24, 2.45) is 5.73 Å². The topological polar surface area (TPSA) is 52.0 Å². The van der Waals surface area contributed by atoms with Crippen LogP contribution in [-0.4, -0.2) is 0 Å². The Balaban J connectivity index is 2.49. The summed E-state index contributed by atoms with van der Waals surface area (Å²) in [5.74, 6) is 0. The van der Waals surface area contributed by atoms with Crippen LogP contribution in [0.4, 0.5) is 5.69 Å². The molecule has 1 unspecified atom stereocenters. The van der Waals surface area contributed by atoms with Gasteiger partial charge in [0.2, 0.25) is 0 Å². The van der Waals surface area contributed by atoms with Gasteiger partial charge in [-0.05, 0) is 36.0 Å². The van der Waals surface area contributed by atoms with Crippen LogP contribution >= 0.6 is 0 Å². The smallest absolute Gasteiger partial charge is 0.0499 e. The van der Waals surface area contributed by atoms with E-state index in [1.54, 1.807) is 6.08 Å². The van der Waals surface area contributed by atoms with Crippen LogP contribution in [0.25, 0.3) is 0 Å². The summed E-state index contributed by atoms with van der Waals surface area (Å²) >= 11 is 0. The van der Waals surface area contributed by atoms with E-state index in [1.165, 1.54) is 17.5 Å². The molecule has 0 radical (unpaired) electrons. The lowest BCUT2D eigenvalue weighted by atomic mass is 9.98. The molecule has 0 heterocycles. The van der Waals surface area contributed by atoms with Gasteiger partial charge in [0.05, 0.1) is 0 Å². The number of benzene rings is 1. The number of rotatable bonds is 2. The van der Waals surface area contributed by atoms with Crippen molar-refractivity contribution in [2.75, 3.05) is 5.73 Å². The van der Waals surface area contributed by atoms with Crippen molar-refractivity contribution >= 4 is 5.69 Å². The Morgan fingerprint density at radius 3 is 2.86 bits per heavy atom. The zero-order valence-electron chi connectivity index (χ0n) is 8.29. The van der Waals surface area contributed by atoms with Gasteiger partial charge < -0.3 is 11.5 Å². The molecular weight excluding hydrogens is 172 g/mol. The molecule has 0 bridgehead atoms. The largest absolute Gasteiger partial charge is 0.398 e. The maximum atomic E-state index is 6.08. The molecule has 1 atom stereocenters. The molecule has 2 rings (SSSR count). The molecule has 2 heteroatoms. The molecule has 0 fully saturated rings. The molecular formula is C12H16N2. The molecule has 74 valence electrons. The van der Waals surface area contributed by atoms with E-state index >= 15 is 0 Å². The summed E-state index contributed by atoms with van der Waals surface area (Å²) in [5, 5.41) is 0. The van der Waals surface area contributed by atoms with E-state index in [2.05, 4.69) is 12.6 Å². The fourth-order valence-electron chi connectivity index (χ4n) is 2.13. The Bertz CT molecular complexity index is 369. The summed E-state index contributed by atoms with van der Waals surface area (Å²) < 4.78 is 0. The molecule has 0 saturated heterocycles. The van der Waals surface area contributed by atoms with Crippen molar-refractivity contribution in [1.29, 1.82) is 0 Å². The SMILES string of the molecule is C=CC(N)c1ccc2c(c1N)CCC2. The van der Waals surface area contributed by atoms with Gasteiger partial charge >= 0.3 is 0 Å². The van der Waals surface area contributed by atoms with Crippen LogP contribution < -0.4 is 11.5 Å². The fourth-order valence-corrected chi connectivity index (χ4v) is 2.13. The van der Waals surface area contributed by atoms with E-state index in [1.807, 2.05) is 6.07 Å². The first-order valence-corrected chi connectivity index (χ1v) is 5.02. The van der Waals surface area contributed by atoms with Crippen molar-refractivity contribution in [1.82, 2.24) is 0 Å². The number of nitrogens with two attached hydrogens (primary N) is 2. The molecule has 0 aliphatic heterocycles. The average Bonchev–Trinajstić information content (AvgIpc) is 2.66. The van der Waals surface area contributed by atoms with Crippen molar-refractivity contribution < 1.29 is 0 Å². The quantitative estimate of drug-likeness (QED) is 0.550. The number of anilines is 1. The summed E-state index contributed by atoms with van der Waals surface area (Å²) in [5.41, 5.74) is 16.6. The maximum absolute atomic E-state index is 6.08. The van der Waals surface area contributed by atoms with Crippen LogP contribution in [0.15, 0.2) is 24.8 Å². The number of fused-ring (bicyclic) bond motifs is 1. The van der Waals surface area contributed by atoms with Crippen LogP contribution in [0.3, 0.4) is 0 Å². The summed E-state index contributed by atoms with van der Waals surface area (Å²) in [6.07, 6.45) is 5.20. The molecule has 0 amide bonds. The summed E-state index contributed by atoms with van der Waals surface area (Å²) in [7, 11) is 0. The van der Waals surface area contributed by atoms with E-state index in [0.717, 1.165) is 24.1 Å². The number of nitrogen functional groups attached to an aromatic ring is 1. The summed E-state index contributed by atoms with van der Waals surface area (Å²) in [4.78, 5) is 0. The van der Waals surface area contributed by atoms with Crippen LogP contribution in [0.5, 0.6) is 0 Å². The average molecular weight is 188 g/mol. The second kappa shape index (κ2) is 3.46. The Hall–Kier alpha value is -1.28. The normalized spacial score (nSPS) is 16.4. The van der Waals surface area contributed by atoms with Gasteiger partial charge in [-0.25, -0.2) is 0 Å². The zero-order chi connectivity index (χ0) is 10.1. The zero-order valence-corrected chi connectivity index (χ0v) is 8.29. The maximum Gasteiger partial charge on any atom is 0.0499 e. The minimum absolute atomic E-state index is 0.138. The van der Waals surface area contributed by atoms with Crippen molar-refractivity contribution in [3.05, 3.63) is 41.5 Å². The molecule has 14 heavy (non-hydrogen) atoms. The molecule has 1 aromatic rings. The van der Waals surface area contributed by atoms with Gasteiger partial charge in [0, 0.05) is 11.7 Å². The molecule has 2 nitrogen and oxygen atoms in total. The van der Waals surface area contributed by atoms with E-state index < -0.39 is 0 Å². The molecule has 1 aliphatic carbocycles. The number of aryl methyl sites for hydroxylation is 1. The highest BCUT2D eigenvalue weighted by molar-refractivity contribution is 5.60. The van der Waals surface area contributed by atoms with Gasteiger partial charge in [-0.1, -0.05) is 18.2 Å². The Labute approximate surface area is 84.6 Å². The second-order valence-corrected chi connectivity index (χ2v) is 3.82. The van der Waals surface area contributed by atoms with Crippen LogP contribution in [0.1, 0.15) is 29.2 Å². The molecule has 1 aromatic carbocycles. The first-order valence-electron chi connectivity index (χ1n) is 5.02. The predicted molar refractivity (Wildman–Crippen MR) is 60.0 cm³/mol. The predicted octanol–water partition coefficient (Wildman–Crippen LogP) is 1.94. The van der Waals surface area contributed by atoms with Crippen LogP contribution in [0, 0.1) is 0 Å². The lowest BCUT2D eigenvalue weighted by Gasteiger charge is -2.13. The first kappa shape index (κ1) is 9.28. The van der Waals surface area contributed by atoms with Crippen molar-refractivity contribution in [3.8, 4) is 0 Å². The highest BCUT2D eigenvalue weighted by Gasteiger charge is 2.17. The third-order valence-corrected chi connectivity index (χ3v) is 2.97. The number of hydrogen-bond acceptors (Lipinski definition) is 2. The fraction of sp³-hybridized carbons (Fsp3) is 0.333. The number of hydrogen-bond donors (Lipinski definition) is 2. The lowest BCUT2D eigenvalue weighted by molar-refractivity contribution is 0.905. The second-order valence-electron chi connectivity index (χ2n) is 3.82. The van der Waals surface area contributed by atoms with Gasteiger partial charge in [0.15, 0.2) is 0 Å². The third kappa shape index (κ3) is 1.32. The van der Waals surface area contributed by atoms with Crippen LogP contribution in [0.2, 0.25) is 0 Å². The van der Waals surface area contributed by atoms with Crippen LogP contribution in [-0.2, 0) is 12.8 Å². The van der Waals surface area contributed by atoms with E-state index in [9.17, 15) is 0 Å². The van der Waals surface area contributed by atoms with Gasteiger partial charge in [-0.2, -0.15) is 0 Å². The molecule has 0 aromatic heterocycles. The highest BCUT2D eigenvalue weighted by Crippen LogP contribution is 2.32. The minimum atomic E-state index is -0.138. The molecule has 1 aliphatic rings. The standard InChI is InChI=1S/C12H16N2/c1-2-11(13)10-7-6-8-4-3-5-9(8)12(10)14/h2,6-7,11H,1,3-5,13-14H2. The summed E-state index contributed by atoms with van der Waals surface area (Å²) in [6.45, 7) is 3.69. The van der Waals surface area contributed by atoms with E-state index in [4.69, 9.17) is 11.5 Å². The Kier molecular flexibility index (Phi) is 2.30. The van der Waals surface area contributed by atoms with Crippen molar-refractivity contribution in [2.45, 2.75) is 25.3 Å². The minimum Gasteiger partial charge on any atom is -0.398 e.